The van der Waals surface area contributed by atoms with Gasteiger partial charge in [-0.25, -0.2) is 0 Å². The van der Waals surface area contributed by atoms with Crippen LogP contribution in [0.3, 0.4) is 0 Å². The molecular weight excluding hydrogens is 404 g/mol. The number of hydrogen-bond donors (Lipinski definition) is 2. The van der Waals surface area contributed by atoms with Crippen LogP contribution in [0.2, 0.25) is 0 Å². The molecule has 0 bridgehead atoms. The summed E-state index contributed by atoms with van der Waals surface area (Å²) in [6, 6.07) is 10.7. The van der Waals surface area contributed by atoms with E-state index in [0.29, 0.717) is 30.4 Å². The summed E-state index contributed by atoms with van der Waals surface area (Å²) in [5.41, 5.74) is 0.375. The molecule has 0 saturated heterocycles. The van der Waals surface area contributed by atoms with Gasteiger partial charge in [-0.2, -0.15) is 5.26 Å². The molecule has 0 aliphatic heterocycles. The zero-order valence-electron chi connectivity index (χ0n) is 17.3. The first-order chi connectivity index (χ1) is 14.9. The first-order valence-corrected chi connectivity index (χ1v) is 9.33. The lowest BCUT2D eigenvalue weighted by atomic mass is 10.2. The molecule has 10 nitrogen and oxygen atoms in total. The third-order valence-electron chi connectivity index (χ3n) is 3.94. The lowest BCUT2D eigenvalue weighted by molar-refractivity contribution is -0.384. The van der Waals surface area contributed by atoms with Gasteiger partial charge >= 0.3 is 0 Å². The van der Waals surface area contributed by atoms with Crippen molar-refractivity contribution in [3.05, 3.63) is 58.3 Å². The molecule has 0 fully saturated rings. The summed E-state index contributed by atoms with van der Waals surface area (Å²) in [5.74, 6) is 0.502. The number of non-ortho nitro benzene ring substituents is 1. The van der Waals surface area contributed by atoms with Gasteiger partial charge in [-0.05, 0) is 32.0 Å². The fourth-order valence-electron chi connectivity index (χ4n) is 2.53. The zero-order chi connectivity index (χ0) is 22.8. The van der Waals surface area contributed by atoms with Gasteiger partial charge in [0.2, 0.25) is 0 Å². The van der Waals surface area contributed by atoms with Crippen molar-refractivity contribution in [2.75, 3.05) is 31.0 Å². The Morgan fingerprint density at radius 2 is 1.84 bits per heavy atom. The molecule has 0 unspecified atom stereocenters. The van der Waals surface area contributed by atoms with Crippen LogP contribution in [-0.2, 0) is 4.79 Å². The zero-order valence-corrected chi connectivity index (χ0v) is 17.3. The van der Waals surface area contributed by atoms with E-state index >= 15 is 0 Å². The molecule has 0 spiro atoms. The summed E-state index contributed by atoms with van der Waals surface area (Å²) in [5, 5.41) is 25.6. The van der Waals surface area contributed by atoms with Crippen LogP contribution in [0, 0.1) is 21.4 Å². The smallest absolute Gasteiger partial charge is 0.273 e. The molecule has 10 heteroatoms. The van der Waals surface area contributed by atoms with Crippen LogP contribution in [-0.4, -0.2) is 31.2 Å². The number of nitrogens with one attached hydrogen (secondary N) is 2. The first kappa shape index (κ1) is 23.0. The molecular formula is C21H22N4O6. The maximum absolute atomic E-state index is 12.5. The highest BCUT2D eigenvalue weighted by Crippen LogP contribution is 2.31. The van der Waals surface area contributed by atoms with Gasteiger partial charge in [0.25, 0.3) is 11.6 Å². The van der Waals surface area contributed by atoms with E-state index < -0.39 is 10.8 Å². The highest BCUT2D eigenvalue weighted by molar-refractivity contribution is 6.07. The summed E-state index contributed by atoms with van der Waals surface area (Å²) in [7, 11) is 1.32. The molecule has 0 heterocycles. The molecule has 2 rings (SSSR count). The van der Waals surface area contributed by atoms with Crippen LogP contribution in [0.1, 0.15) is 13.8 Å². The van der Waals surface area contributed by atoms with E-state index in [-0.39, 0.29) is 22.7 Å². The Balaban J connectivity index is 2.19. The van der Waals surface area contributed by atoms with Crippen molar-refractivity contribution >= 4 is 23.0 Å². The predicted molar refractivity (Wildman–Crippen MR) is 114 cm³/mol. The van der Waals surface area contributed by atoms with Gasteiger partial charge in [-0.3, -0.25) is 14.9 Å². The van der Waals surface area contributed by atoms with Gasteiger partial charge < -0.3 is 24.8 Å². The lowest BCUT2D eigenvalue weighted by Crippen LogP contribution is -2.15. The summed E-state index contributed by atoms with van der Waals surface area (Å²) in [6.45, 7) is 4.64. The fourth-order valence-corrected chi connectivity index (χ4v) is 2.53. The van der Waals surface area contributed by atoms with Crippen molar-refractivity contribution in [1.82, 2.24) is 0 Å². The van der Waals surface area contributed by atoms with Crippen LogP contribution >= 0.6 is 0 Å². The number of nitriles is 1. The molecule has 2 aromatic rings. The number of anilines is 2. The highest BCUT2D eigenvalue weighted by atomic mass is 16.6. The number of ether oxygens (including phenoxy) is 3. The largest absolute Gasteiger partial charge is 0.494 e. The SMILES string of the molecule is CCOc1ccc(N/C=C(/C#N)C(=O)Nc2ccc([N+](=O)[O-])cc2OC)cc1OCC. The minimum atomic E-state index is -0.710. The minimum Gasteiger partial charge on any atom is -0.494 e. The van der Waals surface area contributed by atoms with E-state index in [0.717, 1.165) is 0 Å². The van der Waals surface area contributed by atoms with Crippen LogP contribution < -0.4 is 24.8 Å². The second-order valence-electron chi connectivity index (χ2n) is 5.94. The monoisotopic (exact) mass is 426 g/mol. The third kappa shape index (κ3) is 6.11. The molecule has 0 saturated carbocycles. The van der Waals surface area contributed by atoms with E-state index in [1.54, 1.807) is 18.2 Å². The van der Waals surface area contributed by atoms with Gasteiger partial charge in [-0.1, -0.05) is 0 Å². The van der Waals surface area contributed by atoms with Crippen molar-refractivity contribution in [3.63, 3.8) is 0 Å². The number of hydrogen-bond acceptors (Lipinski definition) is 8. The Morgan fingerprint density at radius 3 is 2.45 bits per heavy atom. The average molecular weight is 426 g/mol. The van der Waals surface area contributed by atoms with E-state index in [9.17, 15) is 20.2 Å². The van der Waals surface area contributed by atoms with E-state index in [1.807, 2.05) is 19.9 Å². The maximum atomic E-state index is 12.5. The maximum Gasteiger partial charge on any atom is 0.273 e. The van der Waals surface area contributed by atoms with E-state index in [1.165, 1.54) is 31.5 Å². The number of nitrogens with zero attached hydrogens (tertiary/aromatic N) is 2. The van der Waals surface area contributed by atoms with Gasteiger partial charge in [0, 0.05) is 24.0 Å². The Labute approximate surface area is 179 Å². The van der Waals surface area contributed by atoms with Crippen LogP contribution in [0.5, 0.6) is 17.2 Å². The molecule has 162 valence electrons. The number of nitro groups is 1. The van der Waals surface area contributed by atoms with Crippen LogP contribution in [0.15, 0.2) is 48.2 Å². The number of carbonyl (C=O) groups excluding carboxylic acids is 1. The second kappa shape index (κ2) is 11.1. The molecule has 2 aromatic carbocycles. The summed E-state index contributed by atoms with van der Waals surface area (Å²) in [4.78, 5) is 22.8. The van der Waals surface area contributed by atoms with Crippen LogP contribution in [0.4, 0.5) is 17.1 Å². The summed E-state index contributed by atoms with van der Waals surface area (Å²) >= 11 is 0. The van der Waals surface area contributed by atoms with Gasteiger partial charge in [0.1, 0.15) is 17.4 Å². The Bertz CT molecular complexity index is 1030. The van der Waals surface area contributed by atoms with E-state index in [2.05, 4.69) is 10.6 Å². The quantitative estimate of drug-likeness (QED) is 0.253. The van der Waals surface area contributed by atoms with Gasteiger partial charge in [0.05, 0.1) is 37.0 Å². The minimum absolute atomic E-state index is 0.0978. The number of amides is 1. The Morgan fingerprint density at radius 1 is 1.13 bits per heavy atom. The summed E-state index contributed by atoms with van der Waals surface area (Å²) < 4.78 is 16.1. The molecule has 0 aromatic heterocycles. The number of nitro benzene ring substituents is 1. The molecule has 0 atom stereocenters. The fraction of sp³-hybridized carbons (Fsp3) is 0.238. The molecule has 0 aliphatic carbocycles. The lowest BCUT2D eigenvalue weighted by Gasteiger charge is -2.12. The topological polar surface area (TPSA) is 136 Å². The van der Waals surface area contributed by atoms with Gasteiger partial charge in [-0.15, -0.1) is 0 Å². The molecule has 1 amide bonds. The molecule has 0 radical (unpaired) electrons. The van der Waals surface area contributed by atoms with Gasteiger partial charge in [0.15, 0.2) is 11.5 Å². The number of rotatable bonds is 10. The summed E-state index contributed by atoms with van der Waals surface area (Å²) in [6.07, 6.45) is 1.25. The Hall–Kier alpha value is -4.26. The third-order valence-corrected chi connectivity index (χ3v) is 3.94. The molecule has 0 aliphatic rings. The second-order valence-corrected chi connectivity index (χ2v) is 5.94. The van der Waals surface area contributed by atoms with Crippen molar-refractivity contribution in [2.45, 2.75) is 13.8 Å². The van der Waals surface area contributed by atoms with Crippen molar-refractivity contribution < 1.29 is 23.9 Å². The number of methoxy groups -OCH3 is 1. The Kier molecular flexibility index (Phi) is 8.22. The van der Waals surface area contributed by atoms with Crippen molar-refractivity contribution in [1.29, 1.82) is 5.26 Å². The predicted octanol–water partition coefficient (Wildman–Crippen LogP) is 3.86. The number of benzene rings is 2. The van der Waals surface area contributed by atoms with E-state index in [4.69, 9.17) is 14.2 Å². The molecule has 2 N–H and O–H groups in total. The average Bonchev–Trinajstić information content (AvgIpc) is 2.76. The first-order valence-electron chi connectivity index (χ1n) is 9.33. The number of carbonyl (C=O) groups is 1. The normalized spacial score (nSPS) is 10.6. The molecule has 31 heavy (non-hydrogen) atoms. The van der Waals surface area contributed by atoms with Crippen molar-refractivity contribution in [2.24, 2.45) is 0 Å². The van der Waals surface area contributed by atoms with Crippen molar-refractivity contribution in [3.8, 4) is 23.3 Å². The highest BCUT2D eigenvalue weighted by Gasteiger charge is 2.16. The standard InChI is InChI=1S/C21H22N4O6/c1-4-30-18-9-6-15(10-20(18)31-5-2)23-13-14(12-22)21(26)24-17-8-7-16(25(27)28)11-19(17)29-3/h6-11,13,23H,4-5H2,1-3H3,(H,24,26)/b14-13-. The van der Waals surface area contributed by atoms with Crippen LogP contribution in [0.25, 0.3) is 0 Å².